The van der Waals surface area contributed by atoms with Gasteiger partial charge in [0.25, 0.3) is 0 Å². The van der Waals surface area contributed by atoms with Crippen LogP contribution in [0.1, 0.15) is 39.0 Å². The molecule has 2 atom stereocenters. The summed E-state index contributed by atoms with van der Waals surface area (Å²) in [6.07, 6.45) is 7.09. The maximum absolute atomic E-state index is 3.40. The average molecular weight is 201 g/mol. The van der Waals surface area contributed by atoms with E-state index in [1.807, 2.05) is 0 Å². The molecular formula is C11H23NS. The largest absolute Gasteiger partial charge is 0.316 e. The summed E-state index contributed by atoms with van der Waals surface area (Å²) in [6.45, 7) is 2.28. The minimum atomic E-state index is 0.783. The predicted octanol–water partition coefficient (Wildman–Crippen LogP) is 2.91. The van der Waals surface area contributed by atoms with Gasteiger partial charge in [-0.15, -0.1) is 0 Å². The highest BCUT2D eigenvalue weighted by Crippen LogP contribution is 2.26. The molecule has 0 aliphatic carbocycles. The quantitative estimate of drug-likeness (QED) is 0.686. The second-order valence-electron chi connectivity index (χ2n) is 4.12. The molecule has 0 bridgehead atoms. The summed E-state index contributed by atoms with van der Waals surface area (Å²) in [4.78, 5) is 0. The van der Waals surface area contributed by atoms with Gasteiger partial charge in [0.2, 0.25) is 0 Å². The molecule has 0 aromatic heterocycles. The van der Waals surface area contributed by atoms with Crippen LogP contribution in [0.5, 0.6) is 0 Å². The number of hydrogen-bond donors (Lipinski definition) is 1. The van der Waals surface area contributed by atoms with E-state index in [9.17, 15) is 0 Å². The molecule has 0 aromatic rings. The van der Waals surface area contributed by atoms with E-state index in [4.69, 9.17) is 0 Å². The van der Waals surface area contributed by atoms with E-state index in [0.29, 0.717) is 0 Å². The highest BCUT2D eigenvalue weighted by atomic mass is 32.2. The van der Waals surface area contributed by atoms with Crippen molar-refractivity contribution in [3.05, 3.63) is 0 Å². The molecule has 0 aromatic carbocycles. The summed E-state index contributed by atoms with van der Waals surface area (Å²) >= 11 is 2.13. The standard InChI is InChI=1S/C11H23NS/c1-3-4-5-6-10-7-11(12-2)9-13-8-10/h10-12H,3-9H2,1-2H3/t10?,11-/m0/s1. The van der Waals surface area contributed by atoms with Crippen LogP contribution in [-0.4, -0.2) is 24.6 Å². The van der Waals surface area contributed by atoms with E-state index in [0.717, 1.165) is 12.0 Å². The molecule has 1 unspecified atom stereocenters. The SMILES string of the molecule is CCCCCC1CSC[C@@H](NC)C1. The molecular weight excluding hydrogens is 178 g/mol. The molecule has 0 spiro atoms. The zero-order valence-corrected chi connectivity index (χ0v) is 9.83. The van der Waals surface area contributed by atoms with Gasteiger partial charge < -0.3 is 5.32 Å². The molecule has 1 rings (SSSR count). The van der Waals surface area contributed by atoms with Crippen LogP contribution in [0.2, 0.25) is 0 Å². The number of unbranched alkanes of at least 4 members (excludes halogenated alkanes) is 2. The molecule has 1 fully saturated rings. The van der Waals surface area contributed by atoms with E-state index < -0.39 is 0 Å². The second-order valence-corrected chi connectivity index (χ2v) is 5.20. The Balaban J connectivity index is 2.11. The van der Waals surface area contributed by atoms with Gasteiger partial charge in [-0.05, 0) is 31.6 Å². The summed E-state index contributed by atoms with van der Waals surface area (Å²) in [5, 5.41) is 3.40. The maximum Gasteiger partial charge on any atom is 0.0158 e. The topological polar surface area (TPSA) is 12.0 Å². The Labute approximate surface area is 87.1 Å². The summed E-state index contributed by atoms with van der Waals surface area (Å²) in [6, 6.07) is 0.783. The van der Waals surface area contributed by atoms with Gasteiger partial charge in [-0.1, -0.05) is 26.2 Å². The first kappa shape index (κ1) is 11.4. The molecule has 0 amide bonds. The number of rotatable bonds is 5. The average Bonchev–Trinajstić information content (AvgIpc) is 2.19. The van der Waals surface area contributed by atoms with Gasteiger partial charge in [0.15, 0.2) is 0 Å². The molecule has 78 valence electrons. The lowest BCUT2D eigenvalue weighted by atomic mass is 9.96. The van der Waals surface area contributed by atoms with Crippen molar-refractivity contribution < 1.29 is 0 Å². The molecule has 1 heterocycles. The first-order valence-corrected chi connectivity index (χ1v) is 6.77. The van der Waals surface area contributed by atoms with Gasteiger partial charge in [0.05, 0.1) is 0 Å². The van der Waals surface area contributed by atoms with Crippen molar-refractivity contribution in [2.75, 3.05) is 18.6 Å². The van der Waals surface area contributed by atoms with Gasteiger partial charge in [-0.2, -0.15) is 11.8 Å². The zero-order chi connectivity index (χ0) is 9.52. The number of thioether (sulfide) groups is 1. The van der Waals surface area contributed by atoms with Crippen molar-refractivity contribution in [3.8, 4) is 0 Å². The Bertz CT molecular complexity index is 127. The zero-order valence-electron chi connectivity index (χ0n) is 9.01. The smallest absolute Gasteiger partial charge is 0.0158 e. The van der Waals surface area contributed by atoms with E-state index in [1.165, 1.54) is 43.6 Å². The number of nitrogens with one attached hydrogen (secondary N) is 1. The summed E-state index contributed by atoms with van der Waals surface area (Å²) in [7, 11) is 2.10. The molecule has 1 aliphatic rings. The first-order chi connectivity index (χ1) is 6.36. The fraction of sp³-hybridized carbons (Fsp3) is 1.00. The lowest BCUT2D eigenvalue weighted by molar-refractivity contribution is 0.403. The highest BCUT2D eigenvalue weighted by molar-refractivity contribution is 7.99. The molecule has 2 heteroatoms. The van der Waals surface area contributed by atoms with Gasteiger partial charge in [0.1, 0.15) is 0 Å². The van der Waals surface area contributed by atoms with Crippen LogP contribution in [0.4, 0.5) is 0 Å². The number of hydrogen-bond acceptors (Lipinski definition) is 2. The van der Waals surface area contributed by atoms with Gasteiger partial charge in [-0.25, -0.2) is 0 Å². The Kier molecular flexibility index (Phi) is 5.88. The van der Waals surface area contributed by atoms with Crippen LogP contribution < -0.4 is 5.32 Å². The van der Waals surface area contributed by atoms with Crippen molar-refractivity contribution in [2.45, 2.75) is 45.1 Å². The Morgan fingerprint density at radius 3 is 2.85 bits per heavy atom. The van der Waals surface area contributed by atoms with Crippen LogP contribution in [0.15, 0.2) is 0 Å². The van der Waals surface area contributed by atoms with Crippen molar-refractivity contribution in [1.29, 1.82) is 0 Å². The summed E-state index contributed by atoms with van der Waals surface area (Å²) in [5.74, 6) is 3.71. The third-order valence-corrected chi connectivity index (χ3v) is 4.26. The molecule has 1 saturated heterocycles. The van der Waals surface area contributed by atoms with E-state index in [2.05, 4.69) is 31.1 Å². The van der Waals surface area contributed by atoms with Crippen molar-refractivity contribution >= 4 is 11.8 Å². The second kappa shape index (κ2) is 6.72. The lowest BCUT2D eigenvalue weighted by Gasteiger charge is -2.28. The van der Waals surface area contributed by atoms with Crippen LogP contribution in [0, 0.1) is 5.92 Å². The third kappa shape index (κ3) is 4.37. The molecule has 0 radical (unpaired) electrons. The minimum Gasteiger partial charge on any atom is -0.316 e. The fourth-order valence-electron chi connectivity index (χ4n) is 2.00. The first-order valence-electron chi connectivity index (χ1n) is 5.61. The van der Waals surface area contributed by atoms with Gasteiger partial charge >= 0.3 is 0 Å². The highest BCUT2D eigenvalue weighted by Gasteiger charge is 2.20. The summed E-state index contributed by atoms with van der Waals surface area (Å²) < 4.78 is 0. The van der Waals surface area contributed by atoms with E-state index in [-0.39, 0.29) is 0 Å². The fourth-order valence-corrected chi connectivity index (χ4v) is 3.36. The predicted molar refractivity (Wildman–Crippen MR) is 62.4 cm³/mol. The molecule has 13 heavy (non-hydrogen) atoms. The normalized spacial score (nSPS) is 29.1. The third-order valence-electron chi connectivity index (χ3n) is 2.91. The molecule has 1 nitrogen and oxygen atoms in total. The summed E-state index contributed by atoms with van der Waals surface area (Å²) in [5.41, 5.74) is 0. The maximum atomic E-state index is 3.40. The Morgan fingerprint density at radius 1 is 1.31 bits per heavy atom. The van der Waals surface area contributed by atoms with Gasteiger partial charge in [0, 0.05) is 11.8 Å². The van der Waals surface area contributed by atoms with E-state index in [1.54, 1.807) is 0 Å². The van der Waals surface area contributed by atoms with Crippen LogP contribution in [-0.2, 0) is 0 Å². The van der Waals surface area contributed by atoms with Gasteiger partial charge in [-0.3, -0.25) is 0 Å². The van der Waals surface area contributed by atoms with Crippen molar-refractivity contribution in [1.82, 2.24) is 5.32 Å². The van der Waals surface area contributed by atoms with Crippen LogP contribution in [0.3, 0.4) is 0 Å². The lowest BCUT2D eigenvalue weighted by Crippen LogP contribution is -2.34. The monoisotopic (exact) mass is 201 g/mol. The Morgan fingerprint density at radius 2 is 2.15 bits per heavy atom. The molecule has 1 aliphatic heterocycles. The van der Waals surface area contributed by atoms with Crippen molar-refractivity contribution in [3.63, 3.8) is 0 Å². The Hall–Kier alpha value is 0.310. The van der Waals surface area contributed by atoms with Crippen LogP contribution >= 0.6 is 11.8 Å². The van der Waals surface area contributed by atoms with Crippen LogP contribution in [0.25, 0.3) is 0 Å². The minimum absolute atomic E-state index is 0.783. The molecule has 1 N–H and O–H groups in total. The van der Waals surface area contributed by atoms with E-state index >= 15 is 0 Å². The van der Waals surface area contributed by atoms with Crippen molar-refractivity contribution in [2.24, 2.45) is 5.92 Å². The molecule has 0 saturated carbocycles.